The number of ether oxygens (including phenoxy) is 2. The molecule has 162 valence electrons. The maximum Gasteiger partial charge on any atom is 0.302 e. The SMILES string of the molecule is C=C(C)C1C=CC2C3CCC(OC(C)=O)C3(C)CCC2C1(/C=C\C#N)COC(C)=O. The van der Waals surface area contributed by atoms with Crippen LogP contribution in [0.2, 0.25) is 0 Å². The fourth-order valence-electron chi connectivity index (χ4n) is 6.60. The van der Waals surface area contributed by atoms with Gasteiger partial charge in [0.15, 0.2) is 0 Å². The third-order valence-electron chi connectivity index (χ3n) is 7.87. The molecule has 7 unspecified atom stereocenters. The summed E-state index contributed by atoms with van der Waals surface area (Å²) in [4.78, 5) is 23.4. The van der Waals surface area contributed by atoms with Gasteiger partial charge in [-0.15, -0.1) is 0 Å². The van der Waals surface area contributed by atoms with Gasteiger partial charge in [0.2, 0.25) is 0 Å². The van der Waals surface area contributed by atoms with Crippen molar-refractivity contribution in [3.63, 3.8) is 0 Å². The molecule has 0 bridgehead atoms. The second-order valence-electron chi connectivity index (χ2n) is 9.57. The first-order chi connectivity index (χ1) is 14.2. The van der Waals surface area contributed by atoms with Crippen LogP contribution in [0.4, 0.5) is 0 Å². The van der Waals surface area contributed by atoms with Gasteiger partial charge in [0.25, 0.3) is 0 Å². The van der Waals surface area contributed by atoms with Crippen molar-refractivity contribution in [3.8, 4) is 6.07 Å². The molecule has 5 nitrogen and oxygen atoms in total. The molecular weight excluding hydrogens is 378 g/mol. The van der Waals surface area contributed by atoms with Gasteiger partial charge < -0.3 is 9.47 Å². The summed E-state index contributed by atoms with van der Waals surface area (Å²) < 4.78 is 11.3. The van der Waals surface area contributed by atoms with E-state index in [4.69, 9.17) is 9.47 Å². The number of fused-ring (bicyclic) bond motifs is 3. The van der Waals surface area contributed by atoms with E-state index < -0.39 is 5.41 Å². The van der Waals surface area contributed by atoms with Gasteiger partial charge in [-0.2, -0.15) is 5.26 Å². The lowest BCUT2D eigenvalue weighted by Crippen LogP contribution is -2.53. The number of nitriles is 1. The van der Waals surface area contributed by atoms with Crippen molar-refractivity contribution in [2.45, 2.75) is 59.5 Å². The van der Waals surface area contributed by atoms with E-state index in [9.17, 15) is 14.9 Å². The van der Waals surface area contributed by atoms with Gasteiger partial charge in [-0.1, -0.05) is 37.3 Å². The quantitative estimate of drug-likeness (QED) is 0.371. The Labute approximate surface area is 179 Å². The van der Waals surface area contributed by atoms with Gasteiger partial charge in [-0.3, -0.25) is 9.59 Å². The van der Waals surface area contributed by atoms with Crippen molar-refractivity contribution in [1.29, 1.82) is 5.26 Å². The average molecular weight is 412 g/mol. The molecule has 0 aliphatic heterocycles. The highest BCUT2D eigenvalue weighted by atomic mass is 16.5. The van der Waals surface area contributed by atoms with E-state index in [2.05, 4.69) is 31.7 Å². The normalized spacial score (nSPS) is 39.6. The first kappa shape index (κ1) is 22.3. The first-order valence-electron chi connectivity index (χ1n) is 10.9. The number of hydrogen-bond donors (Lipinski definition) is 0. The van der Waals surface area contributed by atoms with Crippen molar-refractivity contribution in [2.75, 3.05) is 6.61 Å². The maximum absolute atomic E-state index is 11.7. The zero-order valence-corrected chi connectivity index (χ0v) is 18.5. The monoisotopic (exact) mass is 411 g/mol. The molecule has 0 saturated heterocycles. The number of hydrogen-bond acceptors (Lipinski definition) is 5. The van der Waals surface area contributed by atoms with Crippen LogP contribution in [-0.4, -0.2) is 24.6 Å². The third kappa shape index (κ3) is 3.73. The molecule has 2 saturated carbocycles. The number of carbonyl (C=O) groups excluding carboxylic acids is 2. The van der Waals surface area contributed by atoms with E-state index in [0.29, 0.717) is 5.92 Å². The minimum absolute atomic E-state index is 0.00211. The fraction of sp³-hybridized carbons (Fsp3) is 0.640. The Morgan fingerprint density at radius 2 is 1.90 bits per heavy atom. The summed E-state index contributed by atoms with van der Waals surface area (Å²) >= 11 is 0. The Bertz CT molecular complexity index is 821. The Morgan fingerprint density at radius 1 is 1.17 bits per heavy atom. The highest BCUT2D eigenvalue weighted by Gasteiger charge is 2.60. The molecule has 0 aromatic rings. The minimum Gasteiger partial charge on any atom is -0.465 e. The van der Waals surface area contributed by atoms with Crippen molar-refractivity contribution in [2.24, 2.45) is 34.5 Å². The summed E-state index contributed by atoms with van der Waals surface area (Å²) in [5.74, 6) is 0.350. The molecule has 0 heterocycles. The lowest BCUT2D eigenvalue weighted by atomic mass is 9.48. The van der Waals surface area contributed by atoms with E-state index in [0.717, 1.165) is 31.3 Å². The molecule has 0 aromatic carbocycles. The van der Waals surface area contributed by atoms with Crippen LogP contribution in [-0.2, 0) is 19.1 Å². The molecule has 0 spiro atoms. The molecule has 3 rings (SSSR count). The smallest absolute Gasteiger partial charge is 0.302 e. The molecule has 0 aromatic heterocycles. The first-order valence-corrected chi connectivity index (χ1v) is 10.9. The predicted molar refractivity (Wildman–Crippen MR) is 114 cm³/mol. The van der Waals surface area contributed by atoms with Gasteiger partial charge in [-0.05, 0) is 50.4 Å². The van der Waals surface area contributed by atoms with Crippen LogP contribution in [0, 0.1) is 45.8 Å². The van der Waals surface area contributed by atoms with E-state index in [1.807, 2.05) is 13.0 Å². The molecule has 2 fully saturated rings. The predicted octanol–water partition coefficient (Wildman–Crippen LogP) is 4.75. The summed E-state index contributed by atoms with van der Waals surface area (Å²) in [6.45, 7) is 11.6. The van der Waals surface area contributed by atoms with Gasteiger partial charge in [0, 0.05) is 36.7 Å². The molecule has 0 amide bonds. The fourth-order valence-corrected chi connectivity index (χ4v) is 6.60. The van der Waals surface area contributed by atoms with Crippen LogP contribution in [0.25, 0.3) is 0 Å². The summed E-state index contributed by atoms with van der Waals surface area (Å²) in [6, 6.07) is 2.13. The Kier molecular flexibility index (Phi) is 6.26. The third-order valence-corrected chi connectivity index (χ3v) is 7.87. The Morgan fingerprint density at radius 3 is 2.50 bits per heavy atom. The van der Waals surface area contributed by atoms with Crippen molar-refractivity contribution in [3.05, 3.63) is 36.5 Å². The molecule has 30 heavy (non-hydrogen) atoms. The van der Waals surface area contributed by atoms with Crippen molar-refractivity contribution < 1.29 is 19.1 Å². The number of rotatable bonds is 5. The van der Waals surface area contributed by atoms with Gasteiger partial charge in [0.1, 0.15) is 12.7 Å². The van der Waals surface area contributed by atoms with Crippen LogP contribution >= 0.6 is 0 Å². The molecule has 7 atom stereocenters. The van der Waals surface area contributed by atoms with Gasteiger partial charge in [0.05, 0.1) is 6.07 Å². The molecule has 5 heteroatoms. The molecular formula is C25H33NO4. The summed E-state index contributed by atoms with van der Waals surface area (Å²) in [7, 11) is 0. The van der Waals surface area contributed by atoms with Crippen LogP contribution in [0.5, 0.6) is 0 Å². The lowest BCUT2D eigenvalue weighted by Gasteiger charge is -2.56. The molecule has 3 aliphatic rings. The van der Waals surface area contributed by atoms with E-state index in [1.54, 1.807) is 0 Å². The highest BCUT2D eigenvalue weighted by Crippen LogP contribution is 2.63. The second kappa shape index (κ2) is 8.41. The summed E-state index contributed by atoms with van der Waals surface area (Å²) in [5.41, 5.74) is 0.448. The van der Waals surface area contributed by atoms with Crippen LogP contribution in [0.3, 0.4) is 0 Å². The van der Waals surface area contributed by atoms with E-state index in [-0.39, 0.29) is 47.8 Å². The number of allylic oxidation sites excluding steroid dienone is 4. The lowest BCUT2D eigenvalue weighted by molar-refractivity contribution is -0.157. The van der Waals surface area contributed by atoms with Crippen LogP contribution in [0.15, 0.2) is 36.5 Å². The highest BCUT2D eigenvalue weighted by molar-refractivity contribution is 5.66. The number of nitrogens with zero attached hydrogens (tertiary/aromatic N) is 1. The Hall–Kier alpha value is -2.35. The van der Waals surface area contributed by atoms with Crippen molar-refractivity contribution in [1.82, 2.24) is 0 Å². The van der Waals surface area contributed by atoms with E-state index in [1.165, 1.54) is 19.9 Å². The summed E-state index contributed by atoms with van der Waals surface area (Å²) in [6.07, 6.45) is 11.7. The zero-order chi connectivity index (χ0) is 22.1. The van der Waals surface area contributed by atoms with Gasteiger partial charge >= 0.3 is 11.9 Å². The van der Waals surface area contributed by atoms with Crippen molar-refractivity contribution >= 4 is 11.9 Å². The molecule has 3 aliphatic carbocycles. The standard InChI is InChI=1S/C25H33NO4/c1-16(2)20-8-7-19-21-9-10-23(30-18(4)28)24(21,5)13-11-22(19)25(20,12-6-14-26)15-29-17(3)27/h6-8,12,19-23H,1,9-11,13,15H2,2-5H3/b12-6-. The second-order valence-corrected chi connectivity index (χ2v) is 9.57. The average Bonchev–Trinajstić information content (AvgIpc) is 3.00. The number of esters is 2. The topological polar surface area (TPSA) is 76.4 Å². The van der Waals surface area contributed by atoms with Crippen LogP contribution < -0.4 is 0 Å². The zero-order valence-electron chi connectivity index (χ0n) is 18.5. The Balaban J connectivity index is 2.03. The van der Waals surface area contributed by atoms with Gasteiger partial charge in [-0.25, -0.2) is 0 Å². The molecule has 0 N–H and O–H groups in total. The minimum atomic E-state index is -0.493. The largest absolute Gasteiger partial charge is 0.465 e. The molecule has 0 radical (unpaired) electrons. The van der Waals surface area contributed by atoms with Crippen LogP contribution in [0.1, 0.15) is 53.4 Å². The van der Waals surface area contributed by atoms with E-state index >= 15 is 0 Å². The number of carbonyl (C=O) groups is 2. The summed E-state index contributed by atoms with van der Waals surface area (Å²) in [5, 5.41) is 9.29. The maximum atomic E-state index is 11.7.